The Kier molecular flexibility index (Phi) is 5.01. The van der Waals surface area contributed by atoms with Gasteiger partial charge in [-0.2, -0.15) is 0 Å². The van der Waals surface area contributed by atoms with Gasteiger partial charge in [-0.15, -0.1) is 11.3 Å². The monoisotopic (exact) mass is 317 g/mol. The molecule has 1 amide bonds. The quantitative estimate of drug-likeness (QED) is 0.872. The molecule has 0 aliphatic carbocycles. The zero-order valence-corrected chi connectivity index (χ0v) is 12.4. The van der Waals surface area contributed by atoms with E-state index >= 15 is 0 Å². The fourth-order valence-corrected chi connectivity index (χ4v) is 3.24. The van der Waals surface area contributed by atoms with Gasteiger partial charge in [-0.05, 0) is 12.5 Å². The Morgan fingerprint density at radius 2 is 2.15 bits per heavy atom. The normalized spacial score (nSPS) is 17.6. The van der Waals surface area contributed by atoms with Gasteiger partial charge in [0.2, 0.25) is 5.91 Å². The largest absolute Gasteiger partial charge is 0.480 e. The molecule has 20 heavy (non-hydrogen) atoms. The summed E-state index contributed by atoms with van der Waals surface area (Å²) in [4.78, 5) is 24.4. The van der Waals surface area contributed by atoms with Crippen molar-refractivity contribution in [1.29, 1.82) is 0 Å². The number of halogens is 1. The number of nitrogens with one attached hydrogen (secondary N) is 1. The van der Waals surface area contributed by atoms with Gasteiger partial charge < -0.3 is 15.2 Å². The Balaban J connectivity index is 1.90. The van der Waals surface area contributed by atoms with Crippen LogP contribution in [0.15, 0.2) is 11.4 Å². The molecule has 2 rings (SSSR count). The number of aryl methyl sites for hydroxylation is 1. The molecule has 0 atom stereocenters. The fraction of sp³-hybridized carbons (Fsp3) is 0.538. The van der Waals surface area contributed by atoms with E-state index in [0.29, 0.717) is 37.5 Å². The molecule has 0 bridgehead atoms. The van der Waals surface area contributed by atoms with E-state index in [9.17, 15) is 14.7 Å². The smallest absolute Gasteiger partial charge is 0.329 e. The summed E-state index contributed by atoms with van der Waals surface area (Å²) in [6.07, 6.45) is 1.43. The SMILES string of the molecule is O=C(CCc1cc(Cl)cs1)NC1(C(=O)O)CCOCC1. The summed E-state index contributed by atoms with van der Waals surface area (Å²) >= 11 is 7.31. The number of amides is 1. The highest BCUT2D eigenvalue weighted by molar-refractivity contribution is 7.10. The summed E-state index contributed by atoms with van der Waals surface area (Å²) in [5.74, 6) is -1.24. The molecule has 7 heteroatoms. The first-order valence-corrected chi connectivity index (χ1v) is 7.63. The minimum atomic E-state index is -1.18. The van der Waals surface area contributed by atoms with Crippen molar-refractivity contribution >= 4 is 34.8 Å². The molecule has 2 heterocycles. The maximum Gasteiger partial charge on any atom is 0.329 e. The molecule has 5 nitrogen and oxygen atoms in total. The Labute approximate surface area is 125 Å². The van der Waals surface area contributed by atoms with Crippen LogP contribution in [-0.2, 0) is 20.7 Å². The van der Waals surface area contributed by atoms with Gasteiger partial charge in [-0.1, -0.05) is 11.6 Å². The van der Waals surface area contributed by atoms with Crippen LogP contribution in [0.25, 0.3) is 0 Å². The number of carbonyl (C=O) groups is 2. The number of aliphatic carboxylic acids is 1. The molecule has 1 fully saturated rings. The standard InChI is InChI=1S/C13H16ClNO4S/c14-9-7-10(20-8-9)1-2-11(16)15-13(12(17)18)3-5-19-6-4-13/h7-8H,1-6H2,(H,15,16)(H,17,18). The molecule has 0 saturated carbocycles. The highest BCUT2D eigenvalue weighted by Crippen LogP contribution is 2.23. The van der Waals surface area contributed by atoms with Crippen molar-refractivity contribution in [3.63, 3.8) is 0 Å². The lowest BCUT2D eigenvalue weighted by Gasteiger charge is -2.33. The van der Waals surface area contributed by atoms with Crippen LogP contribution < -0.4 is 5.32 Å². The van der Waals surface area contributed by atoms with Gasteiger partial charge in [0.05, 0.1) is 5.02 Å². The van der Waals surface area contributed by atoms with Crippen LogP contribution in [0.1, 0.15) is 24.1 Å². The lowest BCUT2D eigenvalue weighted by Crippen LogP contribution is -2.57. The van der Waals surface area contributed by atoms with E-state index in [-0.39, 0.29) is 12.3 Å². The molecule has 1 aromatic rings. The fourth-order valence-electron chi connectivity index (χ4n) is 2.16. The molecule has 0 aromatic carbocycles. The van der Waals surface area contributed by atoms with Gasteiger partial charge in [0.25, 0.3) is 0 Å². The minimum Gasteiger partial charge on any atom is -0.480 e. The third-order valence-corrected chi connectivity index (χ3v) is 4.70. The van der Waals surface area contributed by atoms with Crippen LogP contribution in [0.3, 0.4) is 0 Å². The Morgan fingerprint density at radius 3 is 2.70 bits per heavy atom. The third-order valence-electron chi connectivity index (χ3n) is 3.35. The Morgan fingerprint density at radius 1 is 1.45 bits per heavy atom. The van der Waals surface area contributed by atoms with E-state index in [1.54, 1.807) is 0 Å². The van der Waals surface area contributed by atoms with E-state index in [2.05, 4.69) is 5.32 Å². The first kappa shape index (κ1) is 15.3. The van der Waals surface area contributed by atoms with Gasteiger partial charge in [-0.3, -0.25) is 4.79 Å². The predicted octanol–water partition coefficient (Wildman–Crippen LogP) is 2.08. The molecule has 0 radical (unpaired) electrons. The summed E-state index contributed by atoms with van der Waals surface area (Å²) in [6, 6.07) is 1.82. The maximum atomic E-state index is 12.0. The predicted molar refractivity (Wildman–Crippen MR) is 76.2 cm³/mol. The van der Waals surface area contributed by atoms with Gasteiger partial charge >= 0.3 is 5.97 Å². The molecular weight excluding hydrogens is 302 g/mol. The van der Waals surface area contributed by atoms with E-state index in [4.69, 9.17) is 16.3 Å². The van der Waals surface area contributed by atoms with E-state index in [1.165, 1.54) is 11.3 Å². The number of hydrogen-bond donors (Lipinski definition) is 2. The van der Waals surface area contributed by atoms with Gasteiger partial charge in [0.1, 0.15) is 5.54 Å². The van der Waals surface area contributed by atoms with Gasteiger partial charge in [-0.25, -0.2) is 4.79 Å². The van der Waals surface area contributed by atoms with E-state index in [1.807, 2.05) is 11.4 Å². The van der Waals surface area contributed by atoms with Crippen molar-refractivity contribution in [2.45, 2.75) is 31.2 Å². The second-order valence-electron chi connectivity index (χ2n) is 4.78. The minimum absolute atomic E-state index is 0.251. The molecule has 110 valence electrons. The van der Waals surface area contributed by atoms with Crippen LogP contribution >= 0.6 is 22.9 Å². The molecule has 1 aliphatic rings. The van der Waals surface area contributed by atoms with Gasteiger partial charge in [0.15, 0.2) is 0 Å². The topological polar surface area (TPSA) is 75.6 Å². The number of carbonyl (C=O) groups excluding carboxylic acids is 1. The zero-order valence-electron chi connectivity index (χ0n) is 10.9. The molecular formula is C13H16ClNO4S. The van der Waals surface area contributed by atoms with E-state index in [0.717, 1.165) is 4.88 Å². The molecule has 0 spiro atoms. The second-order valence-corrected chi connectivity index (χ2v) is 6.21. The molecule has 1 aliphatic heterocycles. The highest BCUT2D eigenvalue weighted by atomic mass is 35.5. The van der Waals surface area contributed by atoms with Crippen molar-refractivity contribution in [2.24, 2.45) is 0 Å². The summed E-state index contributed by atoms with van der Waals surface area (Å²) < 4.78 is 5.16. The number of hydrogen-bond acceptors (Lipinski definition) is 4. The van der Waals surface area contributed by atoms with Crippen LogP contribution in [0.4, 0.5) is 0 Å². The maximum absolute atomic E-state index is 12.0. The summed E-state index contributed by atoms with van der Waals surface area (Å²) in [5, 5.41) is 14.5. The van der Waals surface area contributed by atoms with Gasteiger partial charge in [0, 0.05) is 42.7 Å². The highest BCUT2D eigenvalue weighted by Gasteiger charge is 2.41. The molecule has 2 N–H and O–H groups in total. The number of rotatable bonds is 5. The molecule has 1 saturated heterocycles. The average molecular weight is 318 g/mol. The van der Waals surface area contributed by atoms with Crippen molar-refractivity contribution in [3.8, 4) is 0 Å². The van der Waals surface area contributed by atoms with Crippen LogP contribution in [-0.4, -0.2) is 35.7 Å². The Hall–Kier alpha value is -1.11. The zero-order chi connectivity index (χ0) is 14.6. The van der Waals surface area contributed by atoms with Crippen LogP contribution in [0.2, 0.25) is 5.02 Å². The second kappa shape index (κ2) is 6.56. The van der Waals surface area contributed by atoms with Crippen LogP contribution in [0.5, 0.6) is 0 Å². The number of carboxylic acid groups (broad SMARTS) is 1. The number of ether oxygens (including phenoxy) is 1. The first-order chi connectivity index (χ1) is 9.52. The average Bonchev–Trinajstić information content (AvgIpc) is 2.83. The van der Waals surface area contributed by atoms with Crippen molar-refractivity contribution < 1.29 is 19.4 Å². The molecule has 0 unspecified atom stereocenters. The lowest BCUT2D eigenvalue weighted by atomic mass is 9.90. The van der Waals surface area contributed by atoms with Crippen molar-refractivity contribution in [3.05, 3.63) is 21.3 Å². The Bertz CT molecular complexity index is 496. The van der Waals surface area contributed by atoms with Crippen molar-refractivity contribution in [1.82, 2.24) is 5.32 Å². The third kappa shape index (κ3) is 3.71. The van der Waals surface area contributed by atoms with Crippen molar-refractivity contribution in [2.75, 3.05) is 13.2 Å². The first-order valence-electron chi connectivity index (χ1n) is 6.37. The summed E-state index contributed by atoms with van der Waals surface area (Å²) in [7, 11) is 0. The summed E-state index contributed by atoms with van der Waals surface area (Å²) in [6.45, 7) is 0.709. The number of thiophene rings is 1. The summed E-state index contributed by atoms with van der Waals surface area (Å²) in [5.41, 5.74) is -1.18. The number of carboxylic acids is 1. The van der Waals surface area contributed by atoms with Crippen LogP contribution in [0, 0.1) is 0 Å². The van der Waals surface area contributed by atoms with E-state index < -0.39 is 11.5 Å². The molecule has 1 aromatic heterocycles. The lowest BCUT2D eigenvalue weighted by molar-refractivity contribution is -0.152.